The first-order valence-corrected chi connectivity index (χ1v) is 13.9. The molecule has 1 unspecified atom stereocenters. The Balaban J connectivity index is 1.28. The van der Waals surface area contributed by atoms with Crippen molar-refractivity contribution >= 4 is 44.9 Å². The van der Waals surface area contributed by atoms with E-state index in [1.807, 2.05) is 47.0 Å². The molecule has 9 heteroatoms. The van der Waals surface area contributed by atoms with E-state index in [9.17, 15) is 0 Å². The molecule has 1 aliphatic heterocycles. The van der Waals surface area contributed by atoms with Crippen LogP contribution in [0.2, 0.25) is 0 Å². The minimum atomic E-state index is -0.0678. The Labute approximate surface area is 243 Å². The smallest absolute Gasteiger partial charge is 0.165 e. The van der Waals surface area contributed by atoms with Crippen LogP contribution in [0.5, 0.6) is 0 Å². The lowest BCUT2D eigenvalue weighted by atomic mass is 10.0. The van der Waals surface area contributed by atoms with Crippen molar-refractivity contribution in [1.29, 1.82) is 0 Å². The van der Waals surface area contributed by atoms with Crippen LogP contribution in [-0.4, -0.2) is 36.1 Å². The quantitative estimate of drug-likeness (QED) is 0.215. The van der Waals surface area contributed by atoms with Gasteiger partial charge in [0.05, 0.1) is 12.0 Å². The van der Waals surface area contributed by atoms with Crippen LogP contribution < -0.4 is 10.6 Å². The molecule has 0 saturated carbocycles. The number of aromatic nitrogens is 6. The molecule has 2 aromatic carbocycles. The molecule has 7 rings (SSSR count). The Kier molecular flexibility index (Phi) is 6.66. The summed E-state index contributed by atoms with van der Waals surface area (Å²) in [5, 5.41) is 9.01. The number of hydrogen-bond acceptors (Lipinski definition) is 8. The minimum absolute atomic E-state index is 0.0678. The fraction of sp³-hybridized carbons (Fsp3) is 0.182. The number of hydrogen-bond donors (Lipinski definition) is 2. The third-order valence-corrected chi connectivity index (χ3v) is 7.58. The maximum atomic E-state index is 6.01. The molecule has 0 amide bonds. The van der Waals surface area contributed by atoms with Crippen molar-refractivity contribution in [3.8, 4) is 23.6 Å². The second-order valence-corrected chi connectivity index (χ2v) is 10.3. The van der Waals surface area contributed by atoms with Crippen LogP contribution in [-0.2, 0) is 4.74 Å². The molecule has 6 aromatic rings. The molecular weight excluding hydrogens is 524 g/mol. The van der Waals surface area contributed by atoms with Crippen LogP contribution in [0.3, 0.4) is 0 Å². The molecule has 42 heavy (non-hydrogen) atoms. The Morgan fingerprint density at radius 3 is 2.71 bits per heavy atom. The topological polar surface area (TPSA) is 103 Å². The number of imidazole rings is 1. The highest BCUT2D eigenvalue weighted by molar-refractivity contribution is 6.03. The van der Waals surface area contributed by atoms with E-state index >= 15 is 0 Å². The van der Waals surface area contributed by atoms with Crippen LogP contribution in [0.4, 0.5) is 23.0 Å². The number of nitrogens with zero attached hydrogens (tertiary/aromatic N) is 6. The first-order chi connectivity index (χ1) is 20.7. The third-order valence-electron chi connectivity index (χ3n) is 7.58. The van der Waals surface area contributed by atoms with Gasteiger partial charge in [-0.15, -0.1) is 6.42 Å². The molecule has 1 atom stereocenters. The van der Waals surface area contributed by atoms with Crippen LogP contribution in [0.1, 0.15) is 36.6 Å². The van der Waals surface area contributed by atoms with E-state index in [1.54, 1.807) is 25.0 Å². The van der Waals surface area contributed by atoms with Gasteiger partial charge in [0.2, 0.25) is 0 Å². The van der Waals surface area contributed by atoms with Gasteiger partial charge in [-0.05, 0) is 68.1 Å². The van der Waals surface area contributed by atoms with Crippen molar-refractivity contribution in [2.45, 2.75) is 32.4 Å². The molecule has 0 aliphatic carbocycles. The Bertz CT molecular complexity index is 1970. The second-order valence-electron chi connectivity index (χ2n) is 10.3. The second kappa shape index (κ2) is 10.9. The summed E-state index contributed by atoms with van der Waals surface area (Å²) in [7, 11) is 0. The zero-order chi connectivity index (χ0) is 28.5. The number of fused-ring (bicyclic) bond motifs is 2. The van der Waals surface area contributed by atoms with E-state index in [0.29, 0.717) is 17.0 Å². The van der Waals surface area contributed by atoms with Gasteiger partial charge in [0.25, 0.3) is 0 Å². The van der Waals surface area contributed by atoms with Gasteiger partial charge in [0.15, 0.2) is 5.65 Å². The number of nitrogens with one attached hydrogen (secondary N) is 2. The van der Waals surface area contributed by atoms with Gasteiger partial charge < -0.3 is 15.4 Å². The Morgan fingerprint density at radius 1 is 0.905 bits per heavy atom. The van der Waals surface area contributed by atoms with Crippen LogP contribution in [0, 0.1) is 19.3 Å². The van der Waals surface area contributed by atoms with E-state index in [2.05, 4.69) is 50.6 Å². The molecule has 1 aliphatic rings. The zero-order valence-electron chi connectivity index (χ0n) is 23.1. The van der Waals surface area contributed by atoms with Crippen molar-refractivity contribution in [1.82, 2.24) is 29.5 Å². The predicted molar refractivity (Wildman–Crippen MR) is 165 cm³/mol. The van der Waals surface area contributed by atoms with E-state index in [-0.39, 0.29) is 6.23 Å². The summed E-state index contributed by atoms with van der Waals surface area (Å²) in [6.07, 6.45) is 15.6. The van der Waals surface area contributed by atoms with Gasteiger partial charge in [-0.1, -0.05) is 24.1 Å². The van der Waals surface area contributed by atoms with Crippen molar-refractivity contribution < 1.29 is 4.74 Å². The predicted octanol–water partition coefficient (Wildman–Crippen LogP) is 6.91. The highest BCUT2D eigenvalue weighted by atomic mass is 16.5. The van der Waals surface area contributed by atoms with Crippen LogP contribution >= 0.6 is 0 Å². The first kappa shape index (κ1) is 25.6. The molecule has 206 valence electrons. The van der Waals surface area contributed by atoms with E-state index in [1.165, 1.54) is 0 Å². The molecule has 0 spiro atoms. The summed E-state index contributed by atoms with van der Waals surface area (Å²) in [6.45, 7) is 2.82. The monoisotopic (exact) mass is 552 g/mol. The largest absolute Gasteiger partial charge is 0.358 e. The number of aryl methyl sites for hydroxylation is 1. The third kappa shape index (κ3) is 4.68. The maximum absolute atomic E-state index is 6.01. The minimum Gasteiger partial charge on any atom is -0.358 e. The Hall–Kier alpha value is -5.33. The molecular formula is C33H28N8O. The summed E-state index contributed by atoms with van der Waals surface area (Å²) in [5.74, 6) is 4.09. The fourth-order valence-electron chi connectivity index (χ4n) is 5.47. The zero-order valence-corrected chi connectivity index (χ0v) is 23.1. The lowest BCUT2D eigenvalue weighted by molar-refractivity contribution is -0.0298. The Morgan fingerprint density at radius 2 is 1.83 bits per heavy atom. The molecule has 0 bridgehead atoms. The average Bonchev–Trinajstić information content (AvgIpc) is 3.48. The number of anilines is 4. The van der Waals surface area contributed by atoms with Crippen LogP contribution in [0.25, 0.3) is 33.2 Å². The normalized spacial score (nSPS) is 15.0. The molecule has 5 heterocycles. The SMILES string of the molecule is C#Cc1cccc(Nc2nccc3c(Nc4ncccc4-c4ncnc5c4ncn5C4CCCCO4)c(C)ccc23)c1. The van der Waals surface area contributed by atoms with Gasteiger partial charge >= 0.3 is 0 Å². The molecule has 9 nitrogen and oxygen atoms in total. The van der Waals surface area contributed by atoms with E-state index < -0.39 is 0 Å². The number of terminal acetylenes is 1. The molecule has 2 N–H and O–H groups in total. The maximum Gasteiger partial charge on any atom is 0.165 e. The fourth-order valence-corrected chi connectivity index (χ4v) is 5.47. The summed E-state index contributed by atoms with van der Waals surface area (Å²) in [5.41, 5.74) is 6.67. The van der Waals surface area contributed by atoms with Crippen molar-refractivity contribution in [2.24, 2.45) is 0 Å². The lowest BCUT2D eigenvalue weighted by Crippen LogP contribution is -2.17. The highest BCUT2D eigenvalue weighted by Gasteiger charge is 2.22. The molecule has 1 saturated heterocycles. The van der Waals surface area contributed by atoms with Gasteiger partial charge in [0.1, 0.15) is 35.4 Å². The van der Waals surface area contributed by atoms with Gasteiger partial charge in [-0.25, -0.2) is 24.9 Å². The summed E-state index contributed by atoms with van der Waals surface area (Å²) in [4.78, 5) is 23.3. The summed E-state index contributed by atoms with van der Waals surface area (Å²) in [6, 6.07) is 17.8. The summed E-state index contributed by atoms with van der Waals surface area (Å²) >= 11 is 0. The number of benzene rings is 2. The van der Waals surface area contributed by atoms with Crippen LogP contribution in [0.15, 0.2) is 79.6 Å². The van der Waals surface area contributed by atoms with Gasteiger partial charge in [0, 0.05) is 46.6 Å². The van der Waals surface area contributed by atoms with Crippen molar-refractivity contribution in [3.63, 3.8) is 0 Å². The highest BCUT2D eigenvalue weighted by Crippen LogP contribution is 2.37. The standard InChI is InChI=1S/C33H28N8O/c1-3-22-8-6-9-23(18-22)39-31-25-13-12-21(2)28(24(25)14-16-35-31)40-32-26(10-7-15-34-32)29-30-33(37-19-36-29)41(20-38-30)27-11-4-5-17-42-27/h1,6-10,12-16,18-20,27H,4-5,11,17H2,2H3,(H,34,40)(H,35,39). The average molecular weight is 553 g/mol. The van der Waals surface area contributed by atoms with Gasteiger partial charge in [-0.3, -0.25) is 4.57 Å². The van der Waals surface area contributed by atoms with E-state index in [0.717, 1.165) is 76.2 Å². The molecule has 0 radical (unpaired) electrons. The number of ether oxygens (including phenoxy) is 1. The number of rotatable bonds is 6. The molecule has 4 aromatic heterocycles. The van der Waals surface area contributed by atoms with Crippen molar-refractivity contribution in [3.05, 3.63) is 90.8 Å². The first-order valence-electron chi connectivity index (χ1n) is 13.9. The lowest BCUT2D eigenvalue weighted by Gasteiger charge is -2.23. The van der Waals surface area contributed by atoms with Crippen molar-refractivity contribution in [2.75, 3.05) is 17.2 Å². The van der Waals surface area contributed by atoms with E-state index in [4.69, 9.17) is 21.1 Å². The number of pyridine rings is 2. The van der Waals surface area contributed by atoms with Gasteiger partial charge in [-0.2, -0.15) is 0 Å². The summed E-state index contributed by atoms with van der Waals surface area (Å²) < 4.78 is 8.02. The molecule has 1 fully saturated rings.